The summed E-state index contributed by atoms with van der Waals surface area (Å²) in [6.45, 7) is 4.08. The molecule has 1 aromatic heterocycles. The Morgan fingerprint density at radius 1 is 0.969 bits per heavy atom. The highest BCUT2D eigenvalue weighted by Crippen LogP contribution is 2.26. The maximum atomic E-state index is 12.7. The molecule has 1 aliphatic rings. The largest absolute Gasteiger partial charge is 0.494 e. The van der Waals surface area contributed by atoms with Crippen molar-refractivity contribution in [2.24, 2.45) is 5.92 Å². The first-order valence-electron chi connectivity index (χ1n) is 10.7. The predicted octanol–water partition coefficient (Wildman–Crippen LogP) is 5.18. The van der Waals surface area contributed by atoms with Gasteiger partial charge in [-0.15, -0.1) is 10.2 Å². The fourth-order valence-corrected chi connectivity index (χ4v) is 3.71. The van der Waals surface area contributed by atoms with Gasteiger partial charge in [0.15, 0.2) is 11.0 Å². The van der Waals surface area contributed by atoms with Gasteiger partial charge in [-0.3, -0.25) is 4.79 Å². The van der Waals surface area contributed by atoms with E-state index in [4.69, 9.17) is 21.1 Å². The molecule has 166 valence electrons. The lowest BCUT2D eigenvalue weighted by molar-refractivity contribution is -0.120. The van der Waals surface area contributed by atoms with Crippen molar-refractivity contribution in [1.29, 1.82) is 0 Å². The Morgan fingerprint density at radius 2 is 1.59 bits per heavy atom. The minimum absolute atomic E-state index is 0.0343. The van der Waals surface area contributed by atoms with Gasteiger partial charge in [0.25, 0.3) is 0 Å². The lowest BCUT2D eigenvalue weighted by atomic mass is 9.96. The fraction of sp³-hybridized carbons (Fsp3) is 0.292. The van der Waals surface area contributed by atoms with Gasteiger partial charge in [-0.05, 0) is 80.4 Å². The van der Waals surface area contributed by atoms with E-state index in [2.05, 4.69) is 20.4 Å². The van der Waals surface area contributed by atoms with Crippen LogP contribution in [0.15, 0.2) is 60.7 Å². The van der Waals surface area contributed by atoms with Crippen LogP contribution in [0.3, 0.4) is 0 Å². The maximum Gasteiger partial charge on any atom is 0.227 e. The predicted molar refractivity (Wildman–Crippen MR) is 125 cm³/mol. The summed E-state index contributed by atoms with van der Waals surface area (Å²) in [7, 11) is 0. The summed E-state index contributed by atoms with van der Waals surface area (Å²) in [5.41, 5.74) is 0.750. The van der Waals surface area contributed by atoms with Gasteiger partial charge >= 0.3 is 0 Å². The van der Waals surface area contributed by atoms with Gasteiger partial charge in [-0.2, -0.15) is 0 Å². The summed E-state index contributed by atoms with van der Waals surface area (Å²) < 4.78 is 11.3. The monoisotopic (exact) mass is 452 g/mol. The zero-order chi connectivity index (χ0) is 22.3. The normalized spacial score (nSPS) is 14.1. The Morgan fingerprint density at radius 3 is 2.19 bits per heavy atom. The van der Waals surface area contributed by atoms with E-state index in [9.17, 15) is 4.79 Å². The first-order chi connectivity index (χ1) is 15.6. The third-order valence-electron chi connectivity index (χ3n) is 5.30. The summed E-state index contributed by atoms with van der Waals surface area (Å²) in [5.74, 6) is 3.02. The quantitative estimate of drug-likeness (QED) is 0.532. The third kappa shape index (κ3) is 5.68. The Balaban J connectivity index is 1.27. The Kier molecular flexibility index (Phi) is 7.07. The number of ether oxygens (including phenoxy) is 2. The van der Waals surface area contributed by atoms with Gasteiger partial charge < -0.3 is 19.7 Å². The highest BCUT2D eigenvalue weighted by molar-refractivity contribution is 6.29. The van der Waals surface area contributed by atoms with E-state index in [1.807, 2.05) is 61.5 Å². The van der Waals surface area contributed by atoms with E-state index in [1.165, 1.54) is 0 Å². The summed E-state index contributed by atoms with van der Waals surface area (Å²) in [5, 5.41) is 11.4. The molecule has 0 bridgehead atoms. The van der Waals surface area contributed by atoms with Crippen LogP contribution in [-0.2, 0) is 4.79 Å². The summed E-state index contributed by atoms with van der Waals surface area (Å²) in [4.78, 5) is 14.8. The molecule has 32 heavy (non-hydrogen) atoms. The number of aromatic nitrogens is 2. The molecule has 0 saturated carbocycles. The van der Waals surface area contributed by atoms with Crippen molar-refractivity contribution in [3.05, 3.63) is 65.8 Å². The Labute approximate surface area is 192 Å². The number of carbonyl (C=O) groups excluding carboxylic acids is 1. The van der Waals surface area contributed by atoms with Crippen molar-refractivity contribution in [3.8, 4) is 17.2 Å². The van der Waals surface area contributed by atoms with Crippen molar-refractivity contribution < 1.29 is 14.3 Å². The average Bonchev–Trinajstić information content (AvgIpc) is 2.82. The molecule has 1 amide bonds. The van der Waals surface area contributed by atoms with Crippen molar-refractivity contribution in [2.45, 2.75) is 19.8 Å². The van der Waals surface area contributed by atoms with Crippen molar-refractivity contribution >= 4 is 29.0 Å². The van der Waals surface area contributed by atoms with Crippen LogP contribution in [0.5, 0.6) is 17.2 Å². The van der Waals surface area contributed by atoms with Crippen LogP contribution < -0.4 is 19.7 Å². The van der Waals surface area contributed by atoms with E-state index < -0.39 is 0 Å². The molecule has 0 radical (unpaired) electrons. The molecule has 0 spiro atoms. The molecular formula is C24H25ClN4O3. The molecule has 1 fully saturated rings. The number of amides is 1. The lowest BCUT2D eigenvalue weighted by Crippen LogP contribution is -2.38. The highest BCUT2D eigenvalue weighted by atomic mass is 35.5. The molecule has 1 aliphatic heterocycles. The summed E-state index contributed by atoms with van der Waals surface area (Å²) >= 11 is 5.80. The SMILES string of the molecule is CCOc1ccc(Oc2ccc(NC(=O)C3CCN(c4ccc(Cl)nn4)CC3)cc2)cc1. The minimum Gasteiger partial charge on any atom is -0.494 e. The number of anilines is 2. The molecule has 0 atom stereocenters. The van der Waals surface area contributed by atoms with Gasteiger partial charge in [0.1, 0.15) is 17.2 Å². The number of carbonyl (C=O) groups is 1. The number of hydrogen-bond donors (Lipinski definition) is 1. The van der Waals surface area contributed by atoms with E-state index in [0.29, 0.717) is 17.5 Å². The van der Waals surface area contributed by atoms with E-state index >= 15 is 0 Å². The topological polar surface area (TPSA) is 76.6 Å². The number of nitrogens with zero attached hydrogens (tertiary/aromatic N) is 3. The second-order valence-electron chi connectivity index (χ2n) is 7.50. The first kappa shape index (κ1) is 21.9. The molecule has 2 heterocycles. The molecule has 1 N–H and O–H groups in total. The van der Waals surface area contributed by atoms with Gasteiger partial charge in [0.05, 0.1) is 6.61 Å². The molecule has 4 rings (SSSR count). The summed E-state index contributed by atoms with van der Waals surface area (Å²) in [6.07, 6.45) is 1.52. The van der Waals surface area contributed by atoms with E-state index in [0.717, 1.165) is 48.9 Å². The van der Waals surface area contributed by atoms with Crippen LogP contribution in [0, 0.1) is 5.92 Å². The van der Waals surface area contributed by atoms with E-state index in [-0.39, 0.29) is 11.8 Å². The number of halogens is 1. The number of rotatable bonds is 7. The minimum atomic E-state index is -0.0358. The number of hydrogen-bond acceptors (Lipinski definition) is 6. The van der Waals surface area contributed by atoms with Crippen LogP contribution in [0.25, 0.3) is 0 Å². The zero-order valence-corrected chi connectivity index (χ0v) is 18.6. The molecule has 0 aliphatic carbocycles. The number of piperidine rings is 1. The van der Waals surface area contributed by atoms with Gasteiger partial charge in [-0.25, -0.2) is 0 Å². The molecule has 3 aromatic rings. The fourth-order valence-electron chi connectivity index (χ4n) is 3.61. The second-order valence-corrected chi connectivity index (χ2v) is 7.88. The molecule has 2 aromatic carbocycles. The van der Waals surface area contributed by atoms with Gasteiger partial charge in [0, 0.05) is 24.7 Å². The average molecular weight is 453 g/mol. The van der Waals surface area contributed by atoms with Crippen LogP contribution in [-0.4, -0.2) is 35.8 Å². The van der Waals surface area contributed by atoms with Crippen molar-refractivity contribution in [3.63, 3.8) is 0 Å². The van der Waals surface area contributed by atoms with Gasteiger partial charge in [0.2, 0.25) is 5.91 Å². The number of nitrogens with one attached hydrogen (secondary N) is 1. The molecule has 1 saturated heterocycles. The van der Waals surface area contributed by atoms with Crippen LogP contribution in [0.4, 0.5) is 11.5 Å². The standard InChI is InChI=1S/C24H25ClN4O3/c1-2-31-19-7-9-21(10-8-19)32-20-5-3-18(4-6-20)26-24(30)17-13-15-29(16-14-17)23-12-11-22(25)27-28-23/h3-12,17H,2,13-16H2,1H3,(H,26,30). The second kappa shape index (κ2) is 10.3. The van der Waals surface area contributed by atoms with Crippen LogP contribution >= 0.6 is 11.6 Å². The molecule has 8 heteroatoms. The molecule has 7 nitrogen and oxygen atoms in total. The van der Waals surface area contributed by atoms with Gasteiger partial charge in [-0.1, -0.05) is 11.6 Å². The molecular weight excluding hydrogens is 428 g/mol. The summed E-state index contributed by atoms with van der Waals surface area (Å²) in [6, 6.07) is 18.4. The van der Waals surface area contributed by atoms with Crippen molar-refractivity contribution in [1.82, 2.24) is 10.2 Å². The van der Waals surface area contributed by atoms with Crippen molar-refractivity contribution in [2.75, 3.05) is 29.9 Å². The zero-order valence-electron chi connectivity index (χ0n) is 17.8. The smallest absolute Gasteiger partial charge is 0.227 e. The van der Waals surface area contributed by atoms with Crippen LogP contribution in [0.2, 0.25) is 5.15 Å². The highest BCUT2D eigenvalue weighted by Gasteiger charge is 2.25. The first-order valence-corrected chi connectivity index (χ1v) is 11.0. The van der Waals surface area contributed by atoms with E-state index in [1.54, 1.807) is 6.07 Å². The lowest BCUT2D eigenvalue weighted by Gasteiger charge is -2.31. The Hall–Kier alpha value is -3.32. The molecule has 0 unspecified atom stereocenters. The van der Waals surface area contributed by atoms with Crippen LogP contribution in [0.1, 0.15) is 19.8 Å². The maximum absolute atomic E-state index is 12.7. The third-order valence-corrected chi connectivity index (χ3v) is 5.50. The Bertz CT molecular complexity index is 1020. The number of benzene rings is 2.